The van der Waals surface area contributed by atoms with Crippen LogP contribution < -0.4 is 10.6 Å². The quantitative estimate of drug-likeness (QED) is 0.617. The van der Waals surface area contributed by atoms with Crippen molar-refractivity contribution in [2.75, 3.05) is 26.5 Å². The number of hydrogen-bond donors (Lipinski definition) is 2. The number of rotatable bonds is 4. The Morgan fingerprint density at radius 1 is 1.40 bits per heavy atom. The van der Waals surface area contributed by atoms with Gasteiger partial charge < -0.3 is 15.4 Å². The second-order valence-corrected chi connectivity index (χ2v) is 8.05. The van der Waals surface area contributed by atoms with E-state index in [2.05, 4.69) is 48.2 Å². The zero-order valence-electron chi connectivity index (χ0n) is 13.5. The lowest BCUT2D eigenvalue weighted by Gasteiger charge is -2.59. The number of nitrogens with one attached hydrogen (secondary N) is 2. The van der Waals surface area contributed by atoms with E-state index in [0.29, 0.717) is 6.04 Å². The monoisotopic (exact) mass is 299 g/mol. The molecule has 0 aromatic heterocycles. The minimum Gasteiger partial charge on any atom is -0.378 e. The SMILES string of the molecule is CN=C(NCC1CCCS1)NC1CC(C)(OC)C1(C)C. The Labute approximate surface area is 127 Å². The lowest BCUT2D eigenvalue weighted by atomic mass is 9.56. The summed E-state index contributed by atoms with van der Waals surface area (Å²) in [6.45, 7) is 7.73. The lowest BCUT2D eigenvalue weighted by Crippen LogP contribution is -2.69. The summed E-state index contributed by atoms with van der Waals surface area (Å²) in [5.74, 6) is 2.23. The molecule has 116 valence electrons. The minimum atomic E-state index is -0.0369. The van der Waals surface area contributed by atoms with Gasteiger partial charge >= 0.3 is 0 Å². The summed E-state index contributed by atoms with van der Waals surface area (Å²) in [5.41, 5.74) is 0.0757. The van der Waals surface area contributed by atoms with Gasteiger partial charge in [0.1, 0.15) is 0 Å². The average Bonchev–Trinajstić information content (AvgIpc) is 2.95. The van der Waals surface area contributed by atoms with Crippen LogP contribution in [0.5, 0.6) is 0 Å². The molecule has 0 aromatic rings. The lowest BCUT2D eigenvalue weighted by molar-refractivity contribution is -0.176. The van der Waals surface area contributed by atoms with Gasteiger partial charge in [-0.2, -0.15) is 11.8 Å². The molecular formula is C15H29N3OS. The van der Waals surface area contributed by atoms with Crippen molar-refractivity contribution < 1.29 is 4.74 Å². The molecule has 2 fully saturated rings. The van der Waals surface area contributed by atoms with Gasteiger partial charge in [-0.15, -0.1) is 0 Å². The molecule has 0 radical (unpaired) electrons. The highest BCUT2D eigenvalue weighted by Gasteiger charge is 2.58. The Balaban J connectivity index is 1.82. The normalized spacial score (nSPS) is 36.5. The molecule has 0 amide bonds. The Morgan fingerprint density at radius 3 is 2.65 bits per heavy atom. The second-order valence-electron chi connectivity index (χ2n) is 6.65. The minimum absolute atomic E-state index is 0.0369. The van der Waals surface area contributed by atoms with Gasteiger partial charge in [0.25, 0.3) is 0 Å². The van der Waals surface area contributed by atoms with Gasteiger partial charge in [0.05, 0.1) is 5.60 Å². The smallest absolute Gasteiger partial charge is 0.191 e. The van der Waals surface area contributed by atoms with Crippen LogP contribution in [0.25, 0.3) is 0 Å². The molecule has 5 heteroatoms. The molecule has 1 saturated carbocycles. The van der Waals surface area contributed by atoms with E-state index in [4.69, 9.17) is 4.74 Å². The van der Waals surface area contributed by atoms with Crippen molar-refractivity contribution in [1.29, 1.82) is 0 Å². The Bertz CT molecular complexity index is 366. The molecule has 0 aromatic carbocycles. The van der Waals surface area contributed by atoms with Crippen molar-refractivity contribution in [1.82, 2.24) is 10.6 Å². The third-order valence-electron chi connectivity index (χ3n) is 5.33. The first-order chi connectivity index (χ1) is 9.43. The van der Waals surface area contributed by atoms with Crippen molar-refractivity contribution in [3.63, 3.8) is 0 Å². The van der Waals surface area contributed by atoms with Gasteiger partial charge in [0.15, 0.2) is 5.96 Å². The fraction of sp³-hybridized carbons (Fsp3) is 0.933. The summed E-state index contributed by atoms with van der Waals surface area (Å²) >= 11 is 2.07. The van der Waals surface area contributed by atoms with Crippen molar-refractivity contribution in [2.24, 2.45) is 10.4 Å². The van der Waals surface area contributed by atoms with E-state index >= 15 is 0 Å². The van der Waals surface area contributed by atoms with Gasteiger partial charge in [-0.1, -0.05) is 13.8 Å². The largest absolute Gasteiger partial charge is 0.378 e. The standard InChI is InChI=1S/C15H29N3OS/c1-14(2)12(9-15(14,3)19-5)18-13(16-4)17-10-11-7-6-8-20-11/h11-12H,6-10H2,1-5H3,(H2,16,17,18). The molecule has 1 aliphatic carbocycles. The summed E-state index contributed by atoms with van der Waals surface area (Å²) in [7, 11) is 3.65. The number of hydrogen-bond acceptors (Lipinski definition) is 3. The maximum Gasteiger partial charge on any atom is 0.191 e. The molecule has 1 saturated heterocycles. The second kappa shape index (κ2) is 6.14. The van der Waals surface area contributed by atoms with Crippen molar-refractivity contribution in [3.8, 4) is 0 Å². The highest BCUT2D eigenvalue weighted by atomic mass is 32.2. The molecule has 4 nitrogen and oxygen atoms in total. The van der Waals surface area contributed by atoms with E-state index < -0.39 is 0 Å². The van der Waals surface area contributed by atoms with Gasteiger partial charge in [-0.25, -0.2) is 0 Å². The van der Waals surface area contributed by atoms with Crippen LogP contribution >= 0.6 is 11.8 Å². The van der Waals surface area contributed by atoms with Crippen LogP contribution in [0.2, 0.25) is 0 Å². The fourth-order valence-electron chi connectivity index (χ4n) is 3.10. The van der Waals surface area contributed by atoms with E-state index in [0.717, 1.165) is 24.2 Å². The number of aliphatic imine (C=N–C) groups is 1. The van der Waals surface area contributed by atoms with Gasteiger partial charge in [0, 0.05) is 37.4 Å². The van der Waals surface area contributed by atoms with Crippen molar-refractivity contribution >= 4 is 17.7 Å². The van der Waals surface area contributed by atoms with Crippen LogP contribution in [0.3, 0.4) is 0 Å². The van der Waals surface area contributed by atoms with Crippen molar-refractivity contribution in [3.05, 3.63) is 0 Å². The molecule has 0 spiro atoms. The van der Waals surface area contributed by atoms with E-state index in [-0.39, 0.29) is 11.0 Å². The molecule has 3 atom stereocenters. The third-order valence-corrected chi connectivity index (χ3v) is 6.73. The van der Waals surface area contributed by atoms with Gasteiger partial charge in [0.2, 0.25) is 0 Å². The van der Waals surface area contributed by atoms with Gasteiger partial charge in [-0.05, 0) is 31.9 Å². The van der Waals surface area contributed by atoms with E-state index in [1.54, 1.807) is 0 Å². The van der Waals surface area contributed by atoms with Crippen LogP contribution in [0.4, 0.5) is 0 Å². The number of guanidine groups is 1. The number of nitrogens with zero attached hydrogens (tertiary/aromatic N) is 1. The molecule has 2 aliphatic rings. The highest BCUT2D eigenvalue weighted by Crippen LogP contribution is 2.51. The first-order valence-corrected chi connectivity index (χ1v) is 8.62. The highest BCUT2D eigenvalue weighted by molar-refractivity contribution is 8.00. The van der Waals surface area contributed by atoms with Crippen LogP contribution in [0, 0.1) is 5.41 Å². The molecule has 2 N–H and O–H groups in total. The predicted octanol–water partition coefficient (Wildman–Crippen LogP) is 2.25. The predicted molar refractivity (Wildman–Crippen MR) is 87.6 cm³/mol. The first kappa shape index (κ1) is 16.0. The van der Waals surface area contributed by atoms with Crippen LogP contribution in [-0.4, -0.2) is 49.3 Å². The molecule has 20 heavy (non-hydrogen) atoms. The molecular weight excluding hydrogens is 270 g/mol. The first-order valence-electron chi connectivity index (χ1n) is 7.57. The number of methoxy groups -OCH3 is 1. The maximum absolute atomic E-state index is 5.67. The van der Waals surface area contributed by atoms with Crippen LogP contribution in [0.1, 0.15) is 40.0 Å². The van der Waals surface area contributed by atoms with E-state index in [1.807, 2.05) is 14.2 Å². The summed E-state index contributed by atoms with van der Waals surface area (Å²) in [6, 6.07) is 0.412. The Morgan fingerprint density at radius 2 is 2.15 bits per heavy atom. The van der Waals surface area contributed by atoms with E-state index in [1.165, 1.54) is 18.6 Å². The Kier molecular flexibility index (Phi) is 4.90. The summed E-state index contributed by atoms with van der Waals surface area (Å²) in [4.78, 5) is 4.35. The summed E-state index contributed by atoms with van der Waals surface area (Å²) in [5, 5.41) is 7.77. The molecule has 0 bridgehead atoms. The fourth-order valence-corrected chi connectivity index (χ4v) is 4.30. The summed E-state index contributed by atoms with van der Waals surface area (Å²) in [6.07, 6.45) is 3.70. The van der Waals surface area contributed by atoms with Crippen molar-refractivity contribution in [2.45, 2.75) is 56.9 Å². The zero-order chi connectivity index (χ0) is 14.8. The maximum atomic E-state index is 5.67. The molecule has 1 heterocycles. The average molecular weight is 299 g/mol. The molecule has 3 unspecified atom stereocenters. The van der Waals surface area contributed by atoms with Crippen LogP contribution in [0.15, 0.2) is 4.99 Å². The van der Waals surface area contributed by atoms with E-state index in [9.17, 15) is 0 Å². The molecule has 1 aliphatic heterocycles. The number of thioether (sulfide) groups is 1. The summed E-state index contributed by atoms with van der Waals surface area (Å²) < 4.78 is 5.67. The van der Waals surface area contributed by atoms with Gasteiger partial charge in [-0.3, -0.25) is 4.99 Å². The zero-order valence-corrected chi connectivity index (χ0v) is 14.3. The topological polar surface area (TPSA) is 45.7 Å². The number of ether oxygens (including phenoxy) is 1. The van der Waals surface area contributed by atoms with Crippen LogP contribution in [-0.2, 0) is 4.74 Å². The third kappa shape index (κ3) is 2.93. The molecule has 2 rings (SSSR count). The Hall–Kier alpha value is -0.420.